The molecule has 2 heterocycles. The van der Waals surface area contributed by atoms with Crippen LogP contribution in [-0.4, -0.2) is 0 Å². The van der Waals surface area contributed by atoms with E-state index in [9.17, 15) is 0 Å². The van der Waals surface area contributed by atoms with Crippen LogP contribution in [-0.2, 0) is 0 Å². The van der Waals surface area contributed by atoms with Crippen LogP contribution in [0.1, 0.15) is 16.7 Å². The zero-order valence-electron chi connectivity index (χ0n) is 27.6. The Morgan fingerprint density at radius 1 is 0.408 bits per heavy atom. The van der Waals surface area contributed by atoms with E-state index < -0.39 is 0 Å². The van der Waals surface area contributed by atoms with Crippen LogP contribution in [0.25, 0.3) is 42.1 Å². The molecule has 0 bridgehead atoms. The summed E-state index contributed by atoms with van der Waals surface area (Å²) in [5, 5.41) is 4.83. The second-order valence-electron chi connectivity index (χ2n) is 12.9. The van der Waals surface area contributed by atoms with Gasteiger partial charge in [-0.2, -0.15) is 0 Å². The normalized spacial score (nSPS) is 11.6. The van der Waals surface area contributed by atoms with Crippen molar-refractivity contribution in [2.24, 2.45) is 0 Å². The van der Waals surface area contributed by atoms with Gasteiger partial charge in [-0.05, 0) is 122 Å². The largest absolute Gasteiger partial charge is 0.456 e. The van der Waals surface area contributed by atoms with Gasteiger partial charge in [0.1, 0.15) is 11.2 Å². The van der Waals surface area contributed by atoms with Gasteiger partial charge < -0.3 is 14.2 Å². The van der Waals surface area contributed by atoms with Crippen molar-refractivity contribution in [3.63, 3.8) is 0 Å². The molecule has 236 valence electrons. The van der Waals surface area contributed by atoms with Crippen molar-refractivity contribution >= 4 is 87.6 Å². The molecular formula is C45H34N2OS. The average molecular weight is 651 g/mol. The number of anilines is 6. The van der Waals surface area contributed by atoms with Gasteiger partial charge in [0.05, 0.1) is 5.69 Å². The maximum atomic E-state index is 6.66. The van der Waals surface area contributed by atoms with Crippen LogP contribution in [0.4, 0.5) is 34.1 Å². The van der Waals surface area contributed by atoms with Crippen LogP contribution >= 0.6 is 11.3 Å². The van der Waals surface area contributed by atoms with E-state index in [1.807, 2.05) is 11.3 Å². The number of benzene rings is 7. The van der Waals surface area contributed by atoms with Crippen molar-refractivity contribution in [1.82, 2.24) is 0 Å². The Bertz CT molecular complexity index is 2590. The van der Waals surface area contributed by atoms with Gasteiger partial charge >= 0.3 is 0 Å². The quantitative estimate of drug-likeness (QED) is 0.179. The highest BCUT2D eigenvalue weighted by Gasteiger charge is 2.20. The molecule has 0 amide bonds. The van der Waals surface area contributed by atoms with E-state index in [2.05, 4.69) is 182 Å². The molecule has 2 aromatic heterocycles. The van der Waals surface area contributed by atoms with Crippen LogP contribution < -0.4 is 9.80 Å². The number of furan rings is 1. The number of fused-ring (bicyclic) bond motifs is 6. The fraction of sp³-hybridized carbons (Fsp3) is 0.0667. The second kappa shape index (κ2) is 11.7. The zero-order valence-corrected chi connectivity index (χ0v) is 28.5. The number of rotatable bonds is 6. The molecule has 0 unspecified atom stereocenters. The minimum Gasteiger partial charge on any atom is -0.456 e. The minimum atomic E-state index is 0.879. The van der Waals surface area contributed by atoms with E-state index in [0.717, 1.165) is 56.1 Å². The Kier molecular flexibility index (Phi) is 6.99. The smallest absolute Gasteiger partial charge is 0.137 e. The summed E-state index contributed by atoms with van der Waals surface area (Å²) in [4.78, 5) is 4.68. The van der Waals surface area contributed by atoms with E-state index in [-0.39, 0.29) is 0 Å². The summed E-state index contributed by atoms with van der Waals surface area (Å²) >= 11 is 1.85. The van der Waals surface area contributed by atoms with E-state index >= 15 is 0 Å². The Morgan fingerprint density at radius 3 is 1.69 bits per heavy atom. The molecule has 4 heteroatoms. The maximum absolute atomic E-state index is 6.66. The van der Waals surface area contributed by atoms with E-state index in [0.29, 0.717) is 0 Å². The van der Waals surface area contributed by atoms with Crippen LogP contribution in [0.2, 0.25) is 0 Å². The number of hydrogen-bond acceptors (Lipinski definition) is 4. The molecule has 0 saturated carbocycles. The first kappa shape index (κ1) is 29.3. The van der Waals surface area contributed by atoms with Crippen molar-refractivity contribution in [3.05, 3.63) is 168 Å². The molecule has 7 aromatic carbocycles. The number of para-hydroxylation sites is 2. The molecule has 0 radical (unpaired) electrons. The Labute approximate surface area is 289 Å². The topological polar surface area (TPSA) is 19.6 Å². The number of aryl methyl sites for hydroxylation is 3. The summed E-state index contributed by atoms with van der Waals surface area (Å²) in [5.74, 6) is 0. The summed E-state index contributed by atoms with van der Waals surface area (Å²) in [6, 6.07) is 54.5. The number of thiophene rings is 1. The lowest BCUT2D eigenvalue weighted by Crippen LogP contribution is -2.10. The van der Waals surface area contributed by atoms with Gasteiger partial charge in [0, 0.05) is 65.4 Å². The highest BCUT2D eigenvalue weighted by molar-refractivity contribution is 7.25. The molecule has 0 spiro atoms. The summed E-state index contributed by atoms with van der Waals surface area (Å²) in [6.45, 7) is 6.54. The zero-order chi connectivity index (χ0) is 33.1. The molecule has 3 nitrogen and oxygen atoms in total. The lowest BCUT2D eigenvalue weighted by atomic mass is 10.0. The van der Waals surface area contributed by atoms with Crippen molar-refractivity contribution in [1.29, 1.82) is 0 Å². The summed E-state index contributed by atoms with van der Waals surface area (Å²) in [5.41, 5.74) is 12.0. The highest BCUT2D eigenvalue weighted by atomic mass is 32.1. The monoisotopic (exact) mass is 650 g/mol. The van der Waals surface area contributed by atoms with Gasteiger partial charge in [0.15, 0.2) is 0 Å². The third-order valence-corrected chi connectivity index (χ3v) is 10.5. The molecule has 0 aliphatic rings. The lowest BCUT2D eigenvalue weighted by molar-refractivity contribution is 0.669. The lowest BCUT2D eigenvalue weighted by Gasteiger charge is -2.27. The van der Waals surface area contributed by atoms with Gasteiger partial charge in [0.2, 0.25) is 0 Å². The fourth-order valence-corrected chi connectivity index (χ4v) is 8.42. The van der Waals surface area contributed by atoms with Gasteiger partial charge in [-0.3, -0.25) is 0 Å². The fourth-order valence-electron chi connectivity index (χ4n) is 7.33. The second-order valence-corrected chi connectivity index (χ2v) is 14.0. The van der Waals surface area contributed by atoms with Crippen molar-refractivity contribution in [2.75, 3.05) is 9.80 Å². The molecule has 0 fully saturated rings. The molecule has 9 aromatic rings. The minimum absolute atomic E-state index is 0.879. The van der Waals surface area contributed by atoms with Crippen LogP contribution in [0.5, 0.6) is 0 Å². The van der Waals surface area contributed by atoms with Crippen LogP contribution in [0.15, 0.2) is 156 Å². The standard InChI is InChI=1S/C45H34N2OS/c1-29-22-30(2)24-36(23-29)47(35-19-21-44-39(26-35)38-16-10-11-17-43(38)49-44)37-25-31(3)45-40-27-34(18-20-41(40)48-42(45)28-37)46(32-12-6-4-7-13-32)33-14-8-5-9-15-33/h4-28H,1-3H3. The van der Waals surface area contributed by atoms with Crippen molar-refractivity contribution in [2.45, 2.75) is 20.8 Å². The summed E-state index contributed by atoms with van der Waals surface area (Å²) in [7, 11) is 0. The summed E-state index contributed by atoms with van der Waals surface area (Å²) < 4.78 is 9.27. The average Bonchev–Trinajstić information content (AvgIpc) is 3.67. The molecule has 0 atom stereocenters. The molecular weight excluding hydrogens is 617 g/mol. The third kappa shape index (κ3) is 5.13. The van der Waals surface area contributed by atoms with E-state index in [4.69, 9.17) is 4.42 Å². The Morgan fingerprint density at radius 2 is 0.980 bits per heavy atom. The van der Waals surface area contributed by atoms with Crippen LogP contribution in [0.3, 0.4) is 0 Å². The first-order valence-corrected chi connectivity index (χ1v) is 17.5. The first-order valence-electron chi connectivity index (χ1n) is 16.7. The molecule has 0 aliphatic carbocycles. The SMILES string of the molecule is Cc1cc(C)cc(N(c2cc(C)c3c(c2)oc2ccc(N(c4ccccc4)c4ccccc4)cc23)c2ccc3sc4ccccc4c3c2)c1. The molecule has 0 aliphatic heterocycles. The maximum Gasteiger partial charge on any atom is 0.137 e. The van der Waals surface area contributed by atoms with Crippen molar-refractivity contribution < 1.29 is 4.42 Å². The first-order chi connectivity index (χ1) is 24.0. The van der Waals surface area contributed by atoms with Gasteiger partial charge in [-0.1, -0.05) is 60.7 Å². The van der Waals surface area contributed by atoms with E-state index in [1.54, 1.807) is 0 Å². The summed E-state index contributed by atoms with van der Waals surface area (Å²) in [6.07, 6.45) is 0. The van der Waals surface area contributed by atoms with Crippen molar-refractivity contribution in [3.8, 4) is 0 Å². The molecule has 0 N–H and O–H groups in total. The predicted octanol–water partition coefficient (Wildman–Crippen LogP) is 13.8. The molecule has 0 saturated heterocycles. The third-order valence-electron chi connectivity index (χ3n) is 9.36. The van der Waals surface area contributed by atoms with Gasteiger partial charge in [0.25, 0.3) is 0 Å². The molecule has 49 heavy (non-hydrogen) atoms. The predicted molar refractivity (Wildman–Crippen MR) is 210 cm³/mol. The van der Waals surface area contributed by atoms with Crippen LogP contribution in [0, 0.1) is 20.8 Å². The number of nitrogens with zero attached hydrogens (tertiary/aromatic N) is 2. The van der Waals surface area contributed by atoms with Gasteiger partial charge in [-0.25, -0.2) is 0 Å². The Balaban J connectivity index is 1.22. The Hall–Kier alpha value is -5.84. The number of hydrogen-bond donors (Lipinski definition) is 0. The van der Waals surface area contributed by atoms with Gasteiger partial charge in [-0.15, -0.1) is 11.3 Å². The molecule has 9 rings (SSSR count). The van der Waals surface area contributed by atoms with E-state index in [1.165, 1.54) is 36.9 Å². The highest BCUT2D eigenvalue weighted by Crippen LogP contribution is 2.44.